The maximum atomic E-state index is 12.5. The number of nitrogens with zero attached hydrogens (tertiary/aromatic N) is 1. The molecule has 7 N–H and O–H groups in total. The third-order valence-electron chi connectivity index (χ3n) is 5.45. The van der Waals surface area contributed by atoms with Crippen LogP contribution in [0.25, 0.3) is 11.8 Å². The molecule has 0 spiro atoms. The van der Waals surface area contributed by atoms with Crippen molar-refractivity contribution in [3.63, 3.8) is 0 Å². The molecule has 1 amide bonds. The smallest absolute Gasteiger partial charge is 0.370 e. The molecule has 1 aliphatic heterocycles. The molecule has 33 heavy (non-hydrogen) atoms. The summed E-state index contributed by atoms with van der Waals surface area (Å²) >= 11 is 0. The second-order valence-electron chi connectivity index (χ2n) is 8.06. The van der Waals surface area contributed by atoms with Gasteiger partial charge in [0.25, 0.3) is 0 Å². The summed E-state index contributed by atoms with van der Waals surface area (Å²) < 4.78 is 5.43. The molecule has 10 heteroatoms. The Morgan fingerprint density at radius 1 is 1.30 bits per heavy atom. The lowest BCUT2D eigenvalue weighted by Crippen LogP contribution is -2.59. The standard InChI is InChI=1S/C23H29N3O7/c1-12(2)22(30)26-19-14(7-15(10-25)16-6-4-3-5-13(16)9-24)8-18(23(31)32)33-21(19)20(29)17(28)11-27/h3-6,8-9,12,14,17,19-21,27-29H,7,11,24H2,1-2H3,(H,26,30)(H,31,32)/b13-9-,16-15+/t14-,17+,19+,20+,21+/m0/s1. The monoisotopic (exact) mass is 459 g/mol. The van der Waals surface area contributed by atoms with Gasteiger partial charge in [0.2, 0.25) is 11.7 Å². The Morgan fingerprint density at radius 3 is 2.52 bits per heavy atom. The molecule has 0 aliphatic carbocycles. The average molecular weight is 459 g/mol. The lowest BCUT2D eigenvalue weighted by molar-refractivity contribution is -0.147. The molecule has 2 rings (SSSR count). The number of ether oxygens (including phenoxy) is 1. The normalized spacial score (nSPS) is 23.6. The molecular formula is C23H29N3O7. The van der Waals surface area contributed by atoms with E-state index in [0.717, 1.165) is 0 Å². The molecule has 0 unspecified atom stereocenters. The second-order valence-corrected chi connectivity index (χ2v) is 8.06. The number of carbonyl (C=O) groups excluding carboxylic acids is 1. The van der Waals surface area contributed by atoms with Crippen LogP contribution >= 0.6 is 0 Å². The van der Waals surface area contributed by atoms with Crippen LogP contribution in [0, 0.1) is 23.2 Å². The van der Waals surface area contributed by atoms with Crippen molar-refractivity contribution in [3.8, 4) is 6.07 Å². The van der Waals surface area contributed by atoms with E-state index in [9.17, 15) is 35.3 Å². The molecular weight excluding hydrogens is 430 g/mol. The van der Waals surface area contributed by atoms with Crippen molar-refractivity contribution < 1.29 is 34.8 Å². The highest BCUT2D eigenvalue weighted by molar-refractivity contribution is 5.85. The Morgan fingerprint density at radius 2 is 1.97 bits per heavy atom. The minimum Gasteiger partial charge on any atom is -0.478 e. The van der Waals surface area contributed by atoms with E-state index in [1.807, 2.05) is 0 Å². The summed E-state index contributed by atoms with van der Waals surface area (Å²) in [4.78, 5) is 24.2. The molecule has 10 nitrogen and oxygen atoms in total. The number of benzene rings is 1. The first-order valence-electron chi connectivity index (χ1n) is 10.4. The van der Waals surface area contributed by atoms with Crippen LogP contribution in [0.3, 0.4) is 0 Å². The van der Waals surface area contributed by atoms with E-state index in [1.165, 1.54) is 12.3 Å². The van der Waals surface area contributed by atoms with E-state index in [0.29, 0.717) is 10.4 Å². The summed E-state index contributed by atoms with van der Waals surface area (Å²) in [6, 6.07) is 8.01. The molecule has 1 aromatic rings. The van der Waals surface area contributed by atoms with Crippen LogP contribution < -0.4 is 21.5 Å². The van der Waals surface area contributed by atoms with Gasteiger partial charge in [-0.3, -0.25) is 4.79 Å². The maximum absolute atomic E-state index is 12.5. The molecule has 0 bridgehead atoms. The van der Waals surface area contributed by atoms with Gasteiger partial charge in [0.15, 0.2) is 0 Å². The van der Waals surface area contributed by atoms with Crippen LogP contribution in [0.15, 0.2) is 36.1 Å². The van der Waals surface area contributed by atoms with Crippen LogP contribution in [0.1, 0.15) is 20.3 Å². The molecule has 0 radical (unpaired) electrons. The fourth-order valence-corrected chi connectivity index (χ4v) is 3.61. The highest BCUT2D eigenvalue weighted by atomic mass is 16.5. The number of carbonyl (C=O) groups is 2. The van der Waals surface area contributed by atoms with Crippen molar-refractivity contribution in [1.29, 1.82) is 5.26 Å². The first kappa shape index (κ1) is 25.9. The van der Waals surface area contributed by atoms with Gasteiger partial charge >= 0.3 is 5.97 Å². The lowest BCUT2D eigenvalue weighted by Gasteiger charge is -2.40. The summed E-state index contributed by atoms with van der Waals surface area (Å²) in [7, 11) is 0. The number of nitrogens with two attached hydrogens (primary N) is 1. The van der Waals surface area contributed by atoms with Gasteiger partial charge in [-0.1, -0.05) is 38.1 Å². The van der Waals surface area contributed by atoms with Gasteiger partial charge < -0.3 is 36.2 Å². The summed E-state index contributed by atoms with van der Waals surface area (Å²) in [6.07, 6.45) is -2.15. The number of carboxylic acid groups (broad SMARTS) is 1. The number of nitrogens with one attached hydrogen (secondary N) is 1. The van der Waals surface area contributed by atoms with Gasteiger partial charge in [-0.2, -0.15) is 5.26 Å². The number of aliphatic hydroxyl groups excluding tert-OH is 3. The number of hydrogen-bond donors (Lipinski definition) is 6. The highest BCUT2D eigenvalue weighted by Gasteiger charge is 2.44. The van der Waals surface area contributed by atoms with E-state index >= 15 is 0 Å². The zero-order valence-electron chi connectivity index (χ0n) is 18.4. The van der Waals surface area contributed by atoms with Crippen molar-refractivity contribution in [1.82, 2.24) is 5.32 Å². The molecule has 0 saturated carbocycles. The van der Waals surface area contributed by atoms with Crippen molar-refractivity contribution in [2.45, 2.75) is 44.6 Å². The van der Waals surface area contributed by atoms with Crippen molar-refractivity contribution in [2.24, 2.45) is 17.6 Å². The maximum Gasteiger partial charge on any atom is 0.370 e. The number of aliphatic carboxylic acids is 1. The number of rotatable bonds is 8. The topological polar surface area (TPSA) is 186 Å². The zero-order valence-corrected chi connectivity index (χ0v) is 18.4. The Hall–Kier alpha value is -3.39. The minimum absolute atomic E-state index is 0.0109. The van der Waals surface area contributed by atoms with Gasteiger partial charge in [0, 0.05) is 23.6 Å². The van der Waals surface area contributed by atoms with Crippen molar-refractivity contribution in [3.05, 3.63) is 46.5 Å². The Balaban J connectivity index is 2.64. The average Bonchev–Trinajstić information content (AvgIpc) is 2.81. The van der Waals surface area contributed by atoms with Crippen LogP contribution in [0.5, 0.6) is 0 Å². The molecule has 1 aliphatic rings. The van der Waals surface area contributed by atoms with Crippen molar-refractivity contribution >= 4 is 23.6 Å². The molecule has 5 atom stereocenters. The van der Waals surface area contributed by atoms with E-state index in [-0.39, 0.29) is 12.0 Å². The van der Waals surface area contributed by atoms with Crippen LogP contribution in [0.4, 0.5) is 0 Å². The SMILES string of the molecule is CC(C)C(=O)N[C@H]1[C@H]([C@H](O)[C@H](O)CO)OC(C(=O)O)=C[C@@H]1C/C(C#N)=c1/cccc/c1=C/N. The quantitative estimate of drug-likeness (QED) is 0.263. The van der Waals surface area contributed by atoms with E-state index in [1.54, 1.807) is 38.1 Å². The van der Waals surface area contributed by atoms with Crippen molar-refractivity contribution in [2.75, 3.05) is 6.61 Å². The van der Waals surface area contributed by atoms with Crippen LogP contribution in [0.2, 0.25) is 0 Å². The highest BCUT2D eigenvalue weighted by Crippen LogP contribution is 2.31. The molecule has 1 heterocycles. The fraction of sp³-hybridized carbons (Fsp3) is 0.435. The predicted molar refractivity (Wildman–Crippen MR) is 118 cm³/mol. The first-order chi connectivity index (χ1) is 15.6. The molecule has 1 aromatic carbocycles. The van der Waals surface area contributed by atoms with E-state index in [4.69, 9.17) is 10.5 Å². The summed E-state index contributed by atoms with van der Waals surface area (Å²) in [5.74, 6) is -3.55. The molecule has 178 valence electrons. The summed E-state index contributed by atoms with van der Waals surface area (Å²) in [5.41, 5.74) is 5.95. The molecule has 0 fully saturated rings. The summed E-state index contributed by atoms with van der Waals surface area (Å²) in [5, 5.41) is 53.1. The van der Waals surface area contributed by atoms with Gasteiger partial charge in [0.05, 0.1) is 18.7 Å². The van der Waals surface area contributed by atoms with E-state index in [2.05, 4.69) is 11.4 Å². The first-order valence-corrected chi connectivity index (χ1v) is 10.4. The number of aliphatic hydroxyl groups is 3. The zero-order chi connectivity index (χ0) is 24.7. The lowest BCUT2D eigenvalue weighted by atomic mass is 9.82. The number of nitriles is 1. The molecule has 0 saturated heterocycles. The van der Waals surface area contributed by atoms with Gasteiger partial charge in [-0.05, 0) is 22.9 Å². The number of amides is 1. The van der Waals surface area contributed by atoms with Crippen LogP contribution in [-0.2, 0) is 14.3 Å². The number of carboxylic acids is 1. The van der Waals surface area contributed by atoms with Gasteiger partial charge in [0.1, 0.15) is 18.3 Å². The summed E-state index contributed by atoms with van der Waals surface area (Å²) in [6.45, 7) is 2.50. The van der Waals surface area contributed by atoms with Gasteiger partial charge in [-0.15, -0.1) is 0 Å². The second kappa shape index (κ2) is 11.5. The third-order valence-corrected chi connectivity index (χ3v) is 5.45. The predicted octanol–water partition coefficient (Wildman–Crippen LogP) is -1.71. The fourth-order valence-electron chi connectivity index (χ4n) is 3.61. The number of hydrogen-bond acceptors (Lipinski definition) is 8. The minimum atomic E-state index is -1.71. The third kappa shape index (κ3) is 6.10. The Labute approximate surface area is 190 Å². The molecule has 0 aromatic heterocycles. The Kier molecular flexibility index (Phi) is 8.99. The van der Waals surface area contributed by atoms with Crippen LogP contribution in [-0.4, -0.2) is 63.3 Å². The largest absolute Gasteiger partial charge is 0.478 e. The van der Waals surface area contributed by atoms with Gasteiger partial charge in [-0.25, -0.2) is 4.79 Å². The Bertz CT molecular complexity index is 1060. The van der Waals surface area contributed by atoms with E-state index < -0.39 is 60.4 Å².